The van der Waals surface area contributed by atoms with Gasteiger partial charge in [-0.1, -0.05) is 25.1 Å². The zero-order chi connectivity index (χ0) is 8.81. The van der Waals surface area contributed by atoms with Crippen LogP contribution >= 0.6 is 0 Å². The summed E-state index contributed by atoms with van der Waals surface area (Å²) in [6.07, 6.45) is 0.846. The standard InChI is InChI=1S/C10H12NO/c1-2-8-11-10(12)9-6-4-3-5-7-9/h3-8H,2H2,1H3,(H,11,12). The minimum absolute atomic E-state index is 0.0440. The largest absolute Gasteiger partial charge is 0.347 e. The molecule has 0 spiro atoms. The number of rotatable bonds is 3. The summed E-state index contributed by atoms with van der Waals surface area (Å²) in [5.74, 6) is -0.0440. The summed E-state index contributed by atoms with van der Waals surface area (Å²) in [4.78, 5) is 11.3. The van der Waals surface area contributed by atoms with Crippen molar-refractivity contribution in [3.63, 3.8) is 0 Å². The molecule has 1 rings (SSSR count). The lowest BCUT2D eigenvalue weighted by atomic mass is 10.2. The quantitative estimate of drug-likeness (QED) is 0.723. The van der Waals surface area contributed by atoms with E-state index in [2.05, 4.69) is 5.32 Å². The molecule has 0 aromatic heterocycles. The Morgan fingerprint density at radius 2 is 2.08 bits per heavy atom. The maximum atomic E-state index is 11.3. The summed E-state index contributed by atoms with van der Waals surface area (Å²) in [6, 6.07) is 9.17. The molecular weight excluding hydrogens is 150 g/mol. The first-order valence-corrected chi connectivity index (χ1v) is 4.02. The maximum Gasteiger partial charge on any atom is 0.251 e. The number of amides is 1. The lowest BCUT2D eigenvalue weighted by molar-refractivity contribution is 0.0963. The van der Waals surface area contributed by atoms with E-state index in [0.29, 0.717) is 5.56 Å². The molecule has 1 radical (unpaired) electrons. The topological polar surface area (TPSA) is 29.1 Å². The molecule has 0 saturated carbocycles. The summed E-state index contributed by atoms with van der Waals surface area (Å²) in [5.41, 5.74) is 0.696. The van der Waals surface area contributed by atoms with Gasteiger partial charge >= 0.3 is 0 Å². The maximum absolute atomic E-state index is 11.3. The van der Waals surface area contributed by atoms with E-state index in [9.17, 15) is 4.79 Å². The zero-order valence-corrected chi connectivity index (χ0v) is 7.08. The van der Waals surface area contributed by atoms with Gasteiger partial charge < -0.3 is 5.32 Å². The molecule has 63 valence electrons. The summed E-state index contributed by atoms with van der Waals surface area (Å²) in [7, 11) is 0. The first-order valence-electron chi connectivity index (χ1n) is 4.02. The molecule has 2 nitrogen and oxygen atoms in total. The number of nitrogens with one attached hydrogen (secondary N) is 1. The van der Waals surface area contributed by atoms with E-state index in [0.717, 1.165) is 6.42 Å². The number of hydrogen-bond donors (Lipinski definition) is 1. The fourth-order valence-electron chi connectivity index (χ4n) is 0.868. The monoisotopic (exact) mass is 162 g/mol. The first kappa shape index (κ1) is 8.78. The zero-order valence-electron chi connectivity index (χ0n) is 7.08. The van der Waals surface area contributed by atoms with E-state index >= 15 is 0 Å². The Balaban J connectivity index is 2.54. The van der Waals surface area contributed by atoms with Crippen molar-refractivity contribution in [2.24, 2.45) is 0 Å². The minimum atomic E-state index is -0.0440. The van der Waals surface area contributed by atoms with Gasteiger partial charge in [-0.25, -0.2) is 0 Å². The second-order valence-corrected chi connectivity index (χ2v) is 2.45. The van der Waals surface area contributed by atoms with Gasteiger partial charge in [0.05, 0.1) is 0 Å². The smallest absolute Gasteiger partial charge is 0.251 e. The van der Waals surface area contributed by atoms with Gasteiger partial charge in [0.15, 0.2) is 0 Å². The third kappa shape index (κ3) is 2.38. The Bertz CT molecular complexity index is 243. The summed E-state index contributed by atoms with van der Waals surface area (Å²) in [6.45, 7) is 3.72. The van der Waals surface area contributed by atoms with Crippen molar-refractivity contribution in [2.75, 3.05) is 0 Å². The molecule has 0 bridgehead atoms. The molecule has 0 heterocycles. The van der Waals surface area contributed by atoms with Crippen LogP contribution in [-0.4, -0.2) is 5.91 Å². The number of hydrogen-bond acceptors (Lipinski definition) is 1. The summed E-state index contributed by atoms with van der Waals surface area (Å²) in [5, 5.41) is 2.68. The van der Waals surface area contributed by atoms with Crippen molar-refractivity contribution in [3.05, 3.63) is 42.4 Å². The van der Waals surface area contributed by atoms with Gasteiger partial charge in [0.1, 0.15) is 0 Å². The fourth-order valence-corrected chi connectivity index (χ4v) is 0.868. The second kappa shape index (κ2) is 4.54. The average Bonchev–Trinajstić information content (AvgIpc) is 2.15. The van der Waals surface area contributed by atoms with Gasteiger partial charge in [-0.3, -0.25) is 4.79 Å². The summed E-state index contributed by atoms with van der Waals surface area (Å²) >= 11 is 0. The van der Waals surface area contributed by atoms with Crippen molar-refractivity contribution in [2.45, 2.75) is 13.3 Å². The molecule has 0 saturated heterocycles. The predicted molar refractivity (Wildman–Crippen MR) is 48.5 cm³/mol. The fraction of sp³-hybridized carbons (Fsp3) is 0.200. The van der Waals surface area contributed by atoms with Gasteiger partial charge in [0, 0.05) is 12.1 Å². The second-order valence-electron chi connectivity index (χ2n) is 2.45. The van der Waals surface area contributed by atoms with Crippen LogP contribution in [0.5, 0.6) is 0 Å². The average molecular weight is 162 g/mol. The van der Waals surface area contributed by atoms with Crippen LogP contribution in [0.3, 0.4) is 0 Å². The van der Waals surface area contributed by atoms with Crippen LogP contribution in [0.15, 0.2) is 30.3 Å². The number of carbonyl (C=O) groups excluding carboxylic acids is 1. The van der Waals surface area contributed by atoms with Crippen molar-refractivity contribution < 1.29 is 4.79 Å². The highest BCUT2D eigenvalue weighted by Crippen LogP contribution is 1.97. The molecule has 1 amide bonds. The number of benzene rings is 1. The van der Waals surface area contributed by atoms with E-state index in [-0.39, 0.29) is 5.91 Å². The van der Waals surface area contributed by atoms with Crippen LogP contribution in [0, 0.1) is 6.54 Å². The molecule has 12 heavy (non-hydrogen) atoms. The first-order chi connectivity index (χ1) is 5.84. The van der Waals surface area contributed by atoms with E-state index < -0.39 is 0 Å². The van der Waals surface area contributed by atoms with Crippen LogP contribution < -0.4 is 5.32 Å². The lowest BCUT2D eigenvalue weighted by Gasteiger charge is -2.01. The van der Waals surface area contributed by atoms with Crippen molar-refractivity contribution >= 4 is 5.91 Å². The van der Waals surface area contributed by atoms with Gasteiger partial charge in [-0.05, 0) is 18.6 Å². The lowest BCUT2D eigenvalue weighted by Crippen LogP contribution is -2.19. The van der Waals surface area contributed by atoms with Gasteiger partial charge in [0.25, 0.3) is 5.91 Å². The Labute approximate surface area is 72.6 Å². The Hall–Kier alpha value is -1.31. The third-order valence-corrected chi connectivity index (χ3v) is 1.47. The van der Waals surface area contributed by atoms with E-state index in [1.807, 2.05) is 25.1 Å². The van der Waals surface area contributed by atoms with Crippen LogP contribution in [0.25, 0.3) is 0 Å². The van der Waals surface area contributed by atoms with Crippen LogP contribution in [0.4, 0.5) is 0 Å². The molecule has 0 aliphatic carbocycles. The third-order valence-electron chi connectivity index (χ3n) is 1.47. The normalized spacial score (nSPS) is 9.42. The van der Waals surface area contributed by atoms with E-state index in [4.69, 9.17) is 0 Å². The molecule has 2 heteroatoms. The Morgan fingerprint density at radius 3 is 2.67 bits per heavy atom. The molecule has 1 N–H and O–H groups in total. The Kier molecular flexibility index (Phi) is 3.33. The summed E-state index contributed by atoms with van der Waals surface area (Å²) < 4.78 is 0. The number of carbonyl (C=O) groups is 1. The molecular formula is C10H12NO. The van der Waals surface area contributed by atoms with Gasteiger partial charge in [-0.2, -0.15) is 0 Å². The highest BCUT2D eigenvalue weighted by atomic mass is 16.1. The van der Waals surface area contributed by atoms with Gasteiger partial charge in [-0.15, -0.1) is 0 Å². The van der Waals surface area contributed by atoms with Crippen molar-refractivity contribution in [1.29, 1.82) is 0 Å². The highest BCUT2D eigenvalue weighted by Gasteiger charge is 2.01. The molecule has 1 aromatic rings. The molecule has 0 atom stereocenters. The van der Waals surface area contributed by atoms with Crippen LogP contribution in [0.1, 0.15) is 23.7 Å². The molecule has 0 unspecified atom stereocenters. The molecule has 0 aliphatic heterocycles. The highest BCUT2D eigenvalue weighted by molar-refractivity contribution is 5.94. The van der Waals surface area contributed by atoms with Crippen molar-refractivity contribution in [3.8, 4) is 0 Å². The van der Waals surface area contributed by atoms with E-state index in [1.165, 1.54) is 0 Å². The van der Waals surface area contributed by atoms with Crippen molar-refractivity contribution in [1.82, 2.24) is 5.32 Å². The Morgan fingerprint density at radius 1 is 1.42 bits per heavy atom. The molecule has 1 aromatic carbocycles. The van der Waals surface area contributed by atoms with E-state index in [1.54, 1.807) is 18.7 Å². The SMILES string of the molecule is CC[CH]NC(=O)c1ccccc1. The van der Waals surface area contributed by atoms with Gasteiger partial charge in [0.2, 0.25) is 0 Å². The minimum Gasteiger partial charge on any atom is -0.347 e. The predicted octanol–water partition coefficient (Wildman–Crippen LogP) is 1.99. The molecule has 0 fully saturated rings. The van der Waals surface area contributed by atoms with Crippen LogP contribution in [0.2, 0.25) is 0 Å². The molecule has 0 aliphatic rings. The van der Waals surface area contributed by atoms with Crippen LogP contribution in [-0.2, 0) is 0 Å².